The summed E-state index contributed by atoms with van der Waals surface area (Å²) >= 11 is 0. The molecule has 1 N–H and O–H groups in total. The van der Waals surface area contributed by atoms with E-state index in [4.69, 9.17) is 10.00 Å². The Balaban J connectivity index is 1.85. The molecule has 2 rings (SSSR count). The lowest BCUT2D eigenvalue weighted by Gasteiger charge is -2.31. The maximum atomic E-state index is 11.6. The van der Waals surface area contributed by atoms with Crippen LogP contribution < -0.4 is 5.32 Å². The van der Waals surface area contributed by atoms with E-state index in [-0.39, 0.29) is 12.1 Å². The van der Waals surface area contributed by atoms with Gasteiger partial charge in [-0.1, -0.05) is 0 Å². The molecule has 0 aromatic carbocycles. The molecule has 1 aromatic rings. The molecule has 2 heterocycles. The van der Waals surface area contributed by atoms with Gasteiger partial charge in [0.2, 0.25) is 5.95 Å². The maximum Gasteiger partial charge on any atom is 0.409 e. The third-order valence-electron chi connectivity index (χ3n) is 3.12. The highest BCUT2D eigenvalue weighted by Gasteiger charge is 2.23. The van der Waals surface area contributed by atoms with Crippen molar-refractivity contribution in [2.75, 3.05) is 25.0 Å². The summed E-state index contributed by atoms with van der Waals surface area (Å²) in [6, 6.07) is 3.75. The molecule has 0 saturated carbocycles. The molecule has 7 heteroatoms. The first-order valence-electron chi connectivity index (χ1n) is 6.64. The van der Waals surface area contributed by atoms with Gasteiger partial charge in [0.05, 0.1) is 6.61 Å². The van der Waals surface area contributed by atoms with Gasteiger partial charge in [-0.25, -0.2) is 14.8 Å². The molecule has 0 spiro atoms. The van der Waals surface area contributed by atoms with Crippen molar-refractivity contribution in [3.63, 3.8) is 0 Å². The van der Waals surface area contributed by atoms with E-state index in [1.54, 1.807) is 24.1 Å². The van der Waals surface area contributed by atoms with Crippen LogP contribution in [-0.4, -0.2) is 46.7 Å². The summed E-state index contributed by atoms with van der Waals surface area (Å²) in [6.45, 7) is 3.49. The van der Waals surface area contributed by atoms with E-state index >= 15 is 0 Å². The zero-order valence-corrected chi connectivity index (χ0v) is 11.4. The Kier molecular flexibility index (Phi) is 4.71. The predicted octanol–water partition coefficient (Wildman–Crippen LogP) is 1.38. The quantitative estimate of drug-likeness (QED) is 0.896. The largest absolute Gasteiger partial charge is 0.450 e. The van der Waals surface area contributed by atoms with Gasteiger partial charge in [0.25, 0.3) is 0 Å². The number of nitrogens with zero attached hydrogens (tertiary/aromatic N) is 4. The van der Waals surface area contributed by atoms with Crippen molar-refractivity contribution in [2.24, 2.45) is 0 Å². The Morgan fingerprint density at radius 2 is 2.35 bits per heavy atom. The summed E-state index contributed by atoms with van der Waals surface area (Å²) in [7, 11) is 0. The van der Waals surface area contributed by atoms with E-state index in [1.165, 1.54) is 0 Å². The molecular formula is C13H17N5O2. The summed E-state index contributed by atoms with van der Waals surface area (Å²) in [5.74, 6) is 0.457. The van der Waals surface area contributed by atoms with Gasteiger partial charge in [-0.05, 0) is 25.8 Å². The van der Waals surface area contributed by atoms with Gasteiger partial charge in [-0.15, -0.1) is 0 Å². The molecule has 1 aromatic heterocycles. The smallest absolute Gasteiger partial charge is 0.409 e. The number of nitriles is 1. The van der Waals surface area contributed by atoms with Crippen LogP contribution in [0.3, 0.4) is 0 Å². The highest BCUT2D eigenvalue weighted by Crippen LogP contribution is 2.15. The summed E-state index contributed by atoms with van der Waals surface area (Å²) in [4.78, 5) is 21.4. The first-order valence-corrected chi connectivity index (χ1v) is 6.64. The zero-order valence-electron chi connectivity index (χ0n) is 11.4. The average Bonchev–Trinajstić information content (AvgIpc) is 2.48. The van der Waals surface area contributed by atoms with E-state index in [0.29, 0.717) is 31.3 Å². The van der Waals surface area contributed by atoms with Crippen molar-refractivity contribution < 1.29 is 9.53 Å². The van der Waals surface area contributed by atoms with Gasteiger partial charge < -0.3 is 15.0 Å². The molecule has 0 aliphatic carbocycles. The topological polar surface area (TPSA) is 91.1 Å². The Hall–Kier alpha value is -2.36. The third-order valence-corrected chi connectivity index (χ3v) is 3.12. The first kappa shape index (κ1) is 14.1. The maximum absolute atomic E-state index is 11.6. The summed E-state index contributed by atoms with van der Waals surface area (Å²) in [6.07, 6.45) is 2.91. The van der Waals surface area contributed by atoms with Crippen LogP contribution in [0.5, 0.6) is 0 Å². The van der Waals surface area contributed by atoms with Crippen molar-refractivity contribution in [3.8, 4) is 6.07 Å². The second kappa shape index (κ2) is 6.70. The van der Waals surface area contributed by atoms with Crippen molar-refractivity contribution in [2.45, 2.75) is 25.8 Å². The van der Waals surface area contributed by atoms with Crippen molar-refractivity contribution in [1.82, 2.24) is 14.9 Å². The molecule has 1 fully saturated rings. The Bertz CT molecular complexity index is 506. The number of amides is 1. The van der Waals surface area contributed by atoms with Crippen LogP contribution in [0.1, 0.15) is 25.5 Å². The molecule has 106 valence electrons. The Labute approximate surface area is 117 Å². The molecule has 20 heavy (non-hydrogen) atoms. The van der Waals surface area contributed by atoms with E-state index in [0.717, 1.165) is 12.8 Å². The number of rotatable bonds is 3. The number of hydrogen-bond acceptors (Lipinski definition) is 6. The molecule has 1 aliphatic heterocycles. The lowest BCUT2D eigenvalue weighted by atomic mass is 10.1. The second-order valence-electron chi connectivity index (χ2n) is 4.48. The molecule has 1 aliphatic rings. The summed E-state index contributed by atoms with van der Waals surface area (Å²) in [5, 5.41) is 12.0. The lowest BCUT2D eigenvalue weighted by Crippen LogP contribution is -2.42. The minimum Gasteiger partial charge on any atom is -0.450 e. The minimum atomic E-state index is -0.256. The van der Waals surface area contributed by atoms with E-state index in [2.05, 4.69) is 15.3 Å². The summed E-state index contributed by atoms with van der Waals surface area (Å²) < 4.78 is 4.97. The first-order chi connectivity index (χ1) is 9.72. The molecule has 7 nitrogen and oxygen atoms in total. The van der Waals surface area contributed by atoms with Gasteiger partial charge >= 0.3 is 6.09 Å². The monoisotopic (exact) mass is 275 g/mol. The van der Waals surface area contributed by atoms with Crippen LogP contribution in [-0.2, 0) is 4.74 Å². The number of hydrogen-bond donors (Lipinski definition) is 1. The number of carbonyl (C=O) groups is 1. The number of carbonyl (C=O) groups excluding carboxylic acids is 1. The van der Waals surface area contributed by atoms with E-state index in [1.807, 2.05) is 6.07 Å². The van der Waals surface area contributed by atoms with Gasteiger partial charge in [-0.3, -0.25) is 0 Å². The molecule has 0 bridgehead atoms. The SMILES string of the molecule is CCOC(=O)N1CCC(Nc2nccc(C#N)n2)CC1. The second-order valence-corrected chi connectivity index (χ2v) is 4.48. The molecular weight excluding hydrogens is 258 g/mol. The number of aromatic nitrogens is 2. The van der Waals surface area contributed by atoms with Crippen LogP contribution in [0.2, 0.25) is 0 Å². The number of nitrogens with one attached hydrogen (secondary N) is 1. The van der Waals surface area contributed by atoms with E-state index in [9.17, 15) is 4.79 Å². The van der Waals surface area contributed by atoms with Gasteiger partial charge in [0, 0.05) is 25.3 Å². The fourth-order valence-corrected chi connectivity index (χ4v) is 2.09. The number of likely N-dealkylation sites (tertiary alicyclic amines) is 1. The highest BCUT2D eigenvalue weighted by atomic mass is 16.6. The Morgan fingerprint density at radius 3 is 3.00 bits per heavy atom. The van der Waals surface area contributed by atoms with Crippen LogP contribution in [0, 0.1) is 11.3 Å². The van der Waals surface area contributed by atoms with Gasteiger partial charge in [-0.2, -0.15) is 5.26 Å². The zero-order chi connectivity index (χ0) is 14.4. The summed E-state index contributed by atoms with van der Waals surface area (Å²) in [5.41, 5.74) is 0.339. The normalized spacial score (nSPS) is 15.5. The number of ether oxygens (including phenoxy) is 1. The number of piperidine rings is 1. The lowest BCUT2D eigenvalue weighted by molar-refractivity contribution is 0.0983. The van der Waals surface area contributed by atoms with Crippen LogP contribution in [0.15, 0.2) is 12.3 Å². The minimum absolute atomic E-state index is 0.203. The van der Waals surface area contributed by atoms with E-state index < -0.39 is 0 Å². The average molecular weight is 275 g/mol. The van der Waals surface area contributed by atoms with Gasteiger partial charge in [0.15, 0.2) is 0 Å². The molecule has 0 atom stereocenters. The van der Waals surface area contributed by atoms with Crippen LogP contribution in [0.25, 0.3) is 0 Å². The Morgan fingerprint density at radius 1 is 1.60 bits per heavy atom. The highest BCUT2D eigenvalue weighted by molar-refractivity contribution is 5.67. The van der Waals surface area contributed by atoms with Crippen molar-refractivity contribution >= 4 is 12.0 Å². The molecule has 1 amide bonds. The standard InChI is InChI=1S/C13H17N5O2/c1-2-20-13(19)18-7-4-10(5-8-18)16-12-15-6-3-11(9-14)17-12/h3,6,10H,2,4-5,7-8H2,1H3,(H,15,16,17). The van der Waals surface area contributed by atoms with Crippen molar-refractivity contribution in [3.05, 3.63) is 18.0 Å². The molecule has 0 radical (unpaired) electrons. The fraction of sp³-hybridized carbons (Fsp3) is 0.538. The molecule has 1 saturated heterocycles. The van der Waals surface area contributed by atoms with Crippen LogP contribution >= 0.6 is 0 Å². The van der Waals surface area contributed by atoms with Gasteiger partial charge in [0.1, 0.15) is 11.8 Å². The molecule has 0 unspecified atom stereocenters. The third kappa shape index (κ3) is 3.57. The number of anilines is 1. The van der Waals surface area contributed by atoms with Crippen molar-refractivity contribution in [1.29, 1.82) is 5.26 Å². The fourth-order valence-electron chi connectivity index (χ4n) is 2.09. The predicted molar refractivity (Wildman–Crippen MR) is 72.0 cm³/mol. The van der Waals surface area contributed by atoms with Crippen LogP contribution in [0.4, 0.5) is 10.7 Å².